The van der Waals surface area contributed by atoms with Crippen LogP contribution in [0.15, 0.2) is 30.3 Å². The Hall–Kier alpha value is -0.860. The molecule has 1 aromatic carbocycles. The summed E-state index contributed by atoms with van der Waals surface area (Å²) in [4.78, 5) is 0. The van der Waals surface area contributed by atoms with E-state index in [2.05, 4.69) is 47.9 Å². The van der Waals surface area contributed by atoms with Crippen LogP contribution in [0.5, 0.6) is 0 Å². The molecule has 1 aliphatic heterocycles. The molecule has 2 nitrogen and oxygen atoms in total. The molecule has 1 heterocycles. The Bertz CT molecular complexity index is 282. The maximum Gasteiger partial charge on any atom is 0.0261 e. The molecule has 0 amide bonds. The van der Waals surface area contributed by atoms with Crippen molar-refractivity contribution in [3.05, 3.63) is 35.9 Å². The summed E-state index contributed by atoms with van der Waals surface area (Å²) in [7, 11) is 0. The molecule has 2 atom stereocenters. The van der Waals surface area contributed by atoms with Gasteiger partial charge >= 0.3 is 0 Å². The SMILES string of the molecule is CCN[C@H]1CNCC[C@@H]1c1ccccc1. The normalized spacial score (nSPS) is 26.5. The fraction of sp³-hybridized carbons (Fsp3) is 0.538. The van der Waals surface area contributed by atoms with Gasteiger partial charge in [0.25, 0.3) is 0 Å². The second-order valence-electron chi connectivity index (χ2n) is 4.17. The summed E-state index contributed by atoms with van der Waals surface area (Å²) < 4.78 is 0. The molecule has 82 valence electrons. The lowest BCUT2D eigenvalue weighted by atomic mass is 9.86. The highest BCUT2D eigenvalue weighted by Crippen LogP contribution is 2.25. The zero-order valence-corrected chi connectivity index (χ0v) is 9.37. The van der Waals surface area contributed by atoms with E-state index in [1.165, 1.54) is 12.0 Å². The quantitative estimate of drug-likeness (QED) is 0.783. The highest BCUT2D eigenvalue weighted by molar-refractivity contribution is 5.22. The Kier molecular flexibility index (Phi) is 3.75. The highest BCUT2D eigenvalue weighted by atomic mass is 15.0. The molecular weight excluding hydrogens is 184 g/mol. The van der Waals surface area contributed by atoms with Crippen molar-refractivity contribution in [3.8, 4) is 0 Å². The van der Waals surface area contributed by atoms with E-state index in [1.807, 2.05) is 0 Å². The second kappa shape index (κ2) is 5.29. The van der Waals surface area contributed by atoms with Gasteiger partial charge in [-0.25, -0.2) is 0 Å². The van der Waals surface area contributed by atoms with Gasteiger partial charge in [-0.15, -0.1) is 0 Å². The minimum atomic E-state index is 0.589. The first-order valence-electron chi connectivity index (χ1n) is 5.91. The summed E-state index contributed by atoms with van der Waals surface area (Å²) in [6.45, 7) is 5.46. The molecule has 0 radical (unpaired) electrons. The van der Waals surface area contributed by atoms with E-state index >= 15 is 0 Å². The third-order valence-electron chi connectivity index (χ3n) is 3.18. The topological polar surface area (TPSA) is 24.1 Å². The second-order valence-corrected chi connectivity index (χ2v) is 4.17. The number of piperidine rings is 1. The summed E-state index contributed by atoms with van der Waals surface area (Å²) >= 11 is 0. The minimum Gasteiger partial charge on any atom is -0.315 e. The van der Waals surface area contributed by atoms with Crippen molar-refractivity contribution in [3.63, 3.8) is 0 Å². The van der Waals surface area contributed by atoms with Crippen molar-refractivity contribution in [2.45, 2.75) is 25.3 Å². The van der Waals surface area contributed by atoms with Crippen molar-refractivity contribution in [2.24, 2.45) is 0 Å². The third-order valence-corrected chi connectivity index (χ3v) is 3.18. The maximum absolute atomic E-state index is 3.57. The molecule has 2 heteroatoms. The largest absolute Gasteiger partial charge is 0.315 e. The van der Waals surface area contributed by atoms with Crippen molar-refractivity contribution < 1.29 is 0 Å². The molecule has 2 N–H and O–H groups in total. The molecular formula is C13H20N2. The molecule has 1 saturated heterocycles. The summed E-state index contributed by atoms with van der Waals surface area (Å²) in [6.07, 6.45) is 1.24. The van der Waals surface area contributed by atoms with Crippen molar-refractivity contribution in [1.82, 2.24) is 10.6 Å². The number of likely N-dealkylation sites (N-methyl/N-ethyl adjacent to an activating group) is 1. The van der Waals surface area contributed by atoms with Gasteiger partial charge in [0, 0.05) is 18.5 Å². The number of nitrogens with one attached hydrogen (secondary N) is 2. The van der Waals surface area contributed by atoms with E-state index in [9.17, 15) is 0 Å². The maximum atomic E-state index is 3.57. The van der Waals surface area contributed by atoms with Crippen LogP contribution in [0.4, 0.5) is 0 Å². The van der Waals surface area contributed by atoms with E-state index in [1.54, 1.807) is 0 Å². The fourth-order valence-electron chi connectivity index (χ4n) is 2.43. The van der Waals surface area contributed by atoms with Crippen LogP contribution >= 0.6 is 0 Å². The molecule has 1 aromatic rings. The molecule has 0 aliphatic carbocycles. The summed E-state index contributed by atoms with van der Waals surface area (Å²) in [5.74, 6) is 0.674. The monoisotopic (exact) mass is 204 g/mol. The average Bonchev–Trinajstić information content (AvgIpc) is 2.31. The molecule has 2 rings (SSSR count). The van der Waals surface area contributed by atoms with Crippen LogP contribution in [0.3, 0.4) is 0 Å². The van der Waals surface area contributed by atoms with Crippen LogP contribution in [0.25, 0.3) is 0 Å². The molecule has 0 saturated carbocycles. The van der Waals surface area contributed by atoms with Crippen LogP contribution in [0.1, 0.15) is 24.8 Å². The summed E-state index contributed by atoms with van der Waals surface area (Å²) in [5, 5.41) is 7.03. The van der Waals surface area contributed by atoms with Crippen molar-refractivity contribution in [2.75, 3.05) is 19.6 Å². The van der Waals surface area contributed by atoms with Gasteiger partial charge in [-0.05, 0) is 25.1 Å². The van der Waals surface area contributed by atoms with Gasteiger partial charge < -0.3 is 10.6 Å². The zero-order chi connectivity index (χ0) is 10.5. The van der Waals surface area contributed by atoms with E-state index in [4.69, 9.17) is 0 Å². The molecule has 15 heavy (non-hydrogen) atoms. The summed E-state index contributed by atoms with van der Waals surface area (Å²) in [6, 6.07) is 11.5. The average molecular weight is 204 g/mol. The zero-order valence-electron chi connectivity index (χ0n) is 9.37. The number of benzene rings is 1. The number of hydrogen-bond donors (Lipinski definition) is 2. The highest BCUT2D eigenvalue weighted by Gasteiger charge is 2.24. The number of rotatable bonds is 3. The minimum absolute atomic E-state index is 0.589. The van der Waals surface area contributed by atoms with E-state index in [0.29, 0.717) is 12.0 Å². The fourth-order valence-corrected chi connectivity index (χ4v) is 2.43. The van der Waals surface area contributed by atoms with Crippen LogP contribution in [0.2, 0.25) is 0 Å². The Morgan fingerprint density at radius 2 is 2.13 bits per heavy atom. The Morgan fingerprint density at radius 1 is 1.33 bits per heavy atom. The lowest BCUT2D eigenvalue weighted by molar-refractivity contribution is 0.349. The van der Waals surface area contributed by atoms with Gasteiger partial charge in [0.2, 0.25) is 0 Å². The van der Waals surface area contributed by atoms with Crippen molar-refractivity contribution in [1.29, 1.82) is 0 Å². The first kappa shape index (κ1) is 10.7. The van der Waals surface area contributed by atoms with Gasteiger partial charge in [-0.2, -0.15) is 0 Å². The van der Waals surface area contributed by atoms with Gasteiger partial charge in [0.05, 0.1) is 0 Å². The lowest BCUT2D eigenvalue weighted by Gasteiger charge is -2.33. The van der Waals surface area contributed by atoms with Crippen LogP contribution < -0.4 is 10.6 Å². The van der Waals surface area contributed by atoms with E-state index in [-0.39, 0.29) is 0 Å². The van der Waals surface area contributed by atoms with Gasteiger partial charge in [-0.1, -0.05) is 37.3 Å². The molecule has 1 aliphatic rings. The van der Waals surface area contributed by atoms with Crippen LogP contribution in [-0.4, -0.2) is 25.7 Å². The Balaban J connectivity index is 2.11. The van der Waals surface area contributed by atoms with Crippen LogP contribution in [0, 0.1) is 0 Å². The third kappa shape index (κ3) is 2.58. The predicted octanol–water partition coefficient (Wildman–Crippen LogP) is 1.74. The lowest BCUT2D eigenvalue weighted by Crippen LogP contribution is -2.47. The molecule has 0 bridgehead atoms. The number of hydrogen-bond acceptors (Lipinski definition) is 2. The van der Waals surface area contributed by atoms with Gasteiger partial charge in [-0.3, -0.25) is 0 Å². The molecule has 1 fully saturated rings. The van der Waals surface area contributed by atoms with Gasteiger partial charge in [0.15, 0.2) is 0 Å². The predicted molar refractivity (Wildman–Crippen MR) is 64.1 cm³/mol. The molecule has 0 unspecified atom stereocenters. The Labute approximate surface area is 92.1 Å². The van der Waals surface area contributed by atoms with Crippen LogP contribution in [-0.2, 0) is 0 Å². The standard InChI is InChI=1S/C13H20N2/c1-2-15-13-10-14-9-8-12(13)11-6-4-3-5-7-11/h3-7,12-15H,2,8-10H2,1H3/t12-,13+/m1/s1. The molecule has 0 spiro atoms. The van der Waals surface area contributed by atoms with E-state index in [0.717, 1.165) is 19.6 Å². The molecule has 0 aromatic heterocycles. The van der Waals surface area contributed by atoms with E-state index < -0.39 is 0 Å². The summed E-state index contributed by atoms with van der Waals surface area (Å²) in [5.41, 5.74) is 1.48. The Morgan fingerprint density at radius 3 is 2.87 bits per heavy atom. The smallest absolute Gasteiger partial charge is 0.0261 e. The first-order valence-corrected chi connectivity index (χ1v) is 5.91. The van der Waals surface area contributed by atoms with Crippen molar-refractivity contribution >= 4 is 0 Å². The van der Waals surface area contributed by atoms with Gasteiger partial charge in [0.1, 0.15) is 0 Å². The first-order chi connectivity index (χ1) is 7.42.